The van der Waals surface area contributed by atoms with Crippen LogP contribution in [0.3, 0.4) is 0 Å². The van der Waals surface area contributed by atoms with Gasteiger partial charge in [-0.3, -0.25) is 9.69 Å². The normalized spacial score (nSPS) is 19.7. The van der Waals surface area contributed by atoms with Crippen molar-refractivity contribution in [2.75, 3.05) is 19.6 Å². The molecule has 1 unspecified atom stereocenters. The van der Waals surface area contributed by atoms with Crippen LogP contribution in [0.25, 0.3) is 5.57 Å². The molecule has 2 aliphatic rings. The first-order valence-corrected chi connectivity index (χ1v) is 16.1. The number of amides is 1. The quantitative estimate of drug-likeness (QED) is 0.280. The number of nitrogens with zero attached hydrogens (tertiary/aromatic N) is 1. The van der Waals surface area contributed by atoms with Gasteiger partial charge in [0.1, 0.15) is 0 Å². The highest BCUT2D eigenvalue weighted by Gasteiger charge is 2.33. The van der Waals surface area contributed by atoms with Crippen LogP contribution >= 0.6 is 0 Å². The first kappa shape index (κ1) is 31.9. The third kappa shape index (κ3) is 7.76. The van der Waals surface area contributed by atoms with Crippen LogP contribution in [0.15, 0.2) is 84.3 Å². The molecule has 1 saturated heterocycles. The van der Waals surface area contributed by atoms with E-state index in [0.717, 1.165) is 72.7 Å². The Bertz CT molecular complexity index is 1610. The highest BCUT2D eigenvalue weighted by atomic mass is 32.2. The van der Waals surface area contributed by atoms with Gasteiger partial charge in [-0.2, -0.15) is 13.2 Å². The topological polar surface area (TPSA) is 98.7 Å². The molecule has 1 amide bonds. The average Bonchev–Trinajstić information content (AvgIpc) is 3.40. The number of fused-ring (bicyclic) bond motifs is 1. The minimum Gasteiger partial charge on any atom is -0.392 e. The van der Waals surface area contributed by atoms with Crippen LogP contribution in [0.2, 0.25) is 0 Å². The summed E-state index contributed by atoms with van der Waals surface area (Å²) in [5, 5.41) is 12.9. The third-order valence-electron chi connectivity index (χ3n) is 8.22. The monoisotopic (exact) mass is 627 g/mol. The number of likely N-dealkylation sites (tertiary alicyclic amines) is 1. The maximum atomic E-state index is 13.4. The number of halogens is 3. The zero-order chi connectivity index (χ0) is 31.5. The van der Waals surface area contributed by atoms with Crippen LogP contribution in [-0.4, -0.2) is 50.1 Å². The lowest BCUT2D eigenvalue weighted by Crippen LogP contribution is -2.36. The Balaban J connectivity index is 1.30. The highest BCUT2D eigenvalue weighted by molar-refractivity contribution is 7.89. The van der Waals surface area contributed by atoms with Gasteiger partial charge in [-0.25, -0.2) is 13.1 Å². The minimum absolute atomic E-state index is 0.245. The molecule has 0 aromatic heterocycles. The molecule has 3 aromatic rings. The fourth-order valence-electron chi connectivity index (χ4n) is 5.95. The van der Waals surface area contributed by atoms with Crippen molar-refractivity contribution in [3.63, 3.8) is 0 Å². The summed E-state index contributed by atoms with van der Waals surface area (Å²) in [4.78, 5) is 15.0. The van der Waals surface area contributed by atoms with Crippen molar-refractivity contribution in [2.24, 2.45) is 0 Å². The summed E-state index contributed by atoms with van der Waals surface area (Å²) in [7, 11) is -4.40. The van der Waals surface area contributed by atoms with E-state index in [9.17, 15) is 31.5 Å². The molecule has 0 saturated carbocycles. The smallest absolute Gasteiger partial charge is 0.392 e. The Morgan fingerprint density at radius 1 is 1.05 bits per heavy atom. The van der Waals surface area contributed by atoms with E-state index < -0.39 is 32.7 Å². The van der Waals surface area contributed by atoms with Crippen LogP contribution in [0.1, 0.15) is 65.6 Å². The molecule has 234 valence electrons. The molecule has 1 aliphatic heterocycles. The summed E-state index contributed by atoms with van der Waals surface area (Å²) in [5.41, 5.74) is 3.53. The lowest BCUT2D eigenvalue weighted by Gasteiger charge is -2.28. The van der Waals surface area contributed by atoms with Crippen LogP contribution in [0, 0.1) is 0 Å². The number of β-amino-alcohol motifs (C(OH)–C–C–N with tert-alkyl or cyclic N) is 1. The van der Waals surface area contributed by atoms with E-state index in [1.807, 2.05) is 12.1 Å². The maximum Gasteiger partial charge on any atom is 0.416 e. The zero-order valence-electron chi connectivity index (χ0n) is 24.2. The van der Waals surface area contributed by atoms with Gasteiger partial charge in [0.25, 0.3) is 0 Å². The van der Waals surface area contributed by atoms with E-state index in [4.69, 9.17) is 0 Å². The van der Waals surface area contributed by atoms with Gasteiger partial charge in [0, 0.05) is 26.1 Å². The van der Waals surface area contributed by atoms with E-state index >= 15 is 0 Å². The van der Waals surface area contributed by atoms with Gasteiger partial charge in [-0.15, -0.1) is 0 Å². The van der Waals surface area contributed by atoms with Gasteiger partial charge in [0.15, 0.2) is 0 Å². The largest absolute Gasteiger partial charge is 0.416 e. The molecule has 1 fully saturated rings. The van der Waals surface area contributed by atoms with E-state index in [1.165, 1.54) is 0 Å². The molecule has 1 heterocycles. The van der Waals surface area contributed by atoms with Gasteiger partial charge in [-0.1, -0.05) is 61.2 Å². The second-order valence-corrected chi connectivity index (χ2v) is 13.2. The minimum atomic E-state index is -4.70. The molecular weight excluding hydrogens is 591 g/mol. The van der Waals surface area contributed by atoms with E-state index in [1.54, 1.807) is 30.3 Å². The maximum absolute atomic E-state index is 13.4. The van der Waals surface area contributed by atoms with Gasteiger partial charge >= 0.3 is 6.18 Å². The second-order valence-electron chi connectivity index (χ2n) is 11.5. The first-order chi connectivity index (χ1) is 20.9. The van der Waals surface area contributed by atoms with E-state index in [-0.39, 0.29) is 24.5 Å². The third-order valence-corrected chi connectivity index (χ3v) is 9.69. The summed E-state index contributed by atoms with van der Waals surface area (Å²) in [5.74, 6) is -0.385. The Kier molecular flexibility index (Phi) is 9.59. The summed E-state index contributed by atoms with van der Waals surface area (Å²) >= 11 is 0. The number of aliphatic hydroxyl groups excluding tert-OH is 1. The number of benzene rings is 3. The number of hydrogen-bond acceptors (Lipinski definition) is 5. The Hall–Kier alpha value is -3.51. The van der Waals surface area contributed by atoms with Gasteiger partial charge in [0.05, 0.1) is 28.6 Å². The van der Waals surface area contributed by atoms with Gasteiger partial charge in [-0.05, 0) is 71.7 Å². The number of alkyl halides is 3. The molecule has 0 bridgehead atoms. The second kappa shape index (κ2) is 13.2. The lowest BCUT2D eigenvalue weighted by atomic mass is 9.85. The van der Waals surface area contributed by atoms with E-state index in [2.05, 4.69) is 27.6 Å². The van der Waals surface area contributed by atoms with Crippen molar-refractivity contribution < 1.29 is 31.5 Å². The number of hydrogen-bond donors (Lipinski definition) is 3. The van der Waals surface area contributed by atoms with Crippen molar-refractivity contribution in [3.8, 4) is 0 Å². The highest BCUT2D eigenvalue weighted by Crippen LogP contribution is 2.33. The van der Waals surface area contributed by atoms with Crippen LogP contribution in [0.5, 0.6) is 0 Å². The summed E-state index contributed by atoms with van der Waals surface area (Å²) in [6.45, 7) is 6.40. The van der Waals surface area contributed by atoms with Crippen LogP contribution in [0.4, 0.5) is 13.2 Å². The number of nitrogens with one attached hydrogen (secondary N) is 2. The number of aliphatic hydroxyl groups is 1. The van der Waals surface area contributed by atoms with E-state index in [0.29, 0.717) is 24.7 Å². The summed E-state index contributed by atoms with van der Waals surface area (Å²) < 4.78 is 68.6. The molecule has 5 rings (SSSR count). The van der Waals surface area contributed by atoms with Crippen molar-refractivity contribution in [1.82, 2.24) is 14.9 Å². The Morgan fingerprint density at radius 2 is 1.82 bits per heavy atom. The molecule has 0 radical (unpaired) electrons. The molecule has 44 heavy (non-hydrogen) atoms. The molecule has 3 aromatic carbocycles. The van der Waals surface area contributed by atoms with Crippen molar-refractivity contribution in [1.29, 1.82) is 0 Å². The fourth-order valence-corrected chi connectivity index (χ4v) is 7.22. The SMILES string of the molecule is C=C(CN1CC[C@@H](O)C1)c1ccc2c(c1)CCC[C@H]2NC(=O)CC(NS(=O)(=O)c1cccc(C(F)(F)F)c1)c1ccccc1. The predicted octanol–water partition coefficient (Wildman–Crippen LogP) is 5.39. The first-order valence-electron chi connectivity index (χ1n) is 14.6. The van der Waals surface area contributed by atoms with Crippen LogP contribution in [-0.2, 0) is 27.4 Å². The molecule has 7 nitrogen and oxygen atoms in total. The number of aryl methyl sites for hydroxylation is 1. The molecular formula is C33H36F3N3O4S. The molecule has 3 atom stereocenters. The summed E-state index contributed by atoms with van der Waals surface area (Å²) in [6.07, 6.45) is -2.05. The zero-order valence-corrected chi connectivity index (χ0v) is 25.0. The summed E-state index contributed by atoms with van der Waals surface area (Å²) in [6, 6.07) is 16.8. The number of rotatable bonds is 10. The van der Waals surface area contributed by atoms with Gasteiger partial charge < -0.3 is 10.4 Å². The molecule has 0 spiro atoms. The number of sulfonamides is 1. The predicted molar refractivity (Wildman–Crippen MR) is 162 cm³/mol. The van der Waals surface area contributed by atoms with Crippen molar-refractivity contribution in [3.05, 3.63) is 107 Å². The molecule has 3 N–H and O–H groups in total. The Morgan fingerprint density at radius 3 is 2.52 bits per heavy atom. The average molecular weight is 628 g/mol. The number of carbonyl (C=O) groups excluding carboxylic acids is 1. The van der Waals surface area contributed by atoms with Crippen molar-refractivity contribution >= 4 is 21.5 Å². The van der Waals surface area contributed by atoms with Crippen molar-refractivity contribution in [2.45, 2.75) is 61.4 Å². The standard InChI is InChI=1S/C33H36F3N3O4S/c1-22(20-39-16-15-27(40)21-39)24-13-14-29-25(17-24)9-5-12-30(29)37-32(41)19-31(23-7-3-2-4-8-23)38-44(42,43)28-11-6-10-26(18-28)33(34,35)36/h2-4,6-8,10-11,13-14,17-18,27,30-31,38,40H,1,5,9,12,15-16,19-21H2,(H,37,41)/t27-,30-,31?/m1/s1. The Labute approximate surface area is 255 Å². The van der Waals surface area contributed by atoms with Crippen LogP contribution < -0.4 is 10.0 Å². The molecule has 1 aliphatic carbocycles. The number of carbonyl (C=O) groups is 1. The van der Waals surface area contributed by atoms with Gasteiger partial charge in [0.2, 0.25) is 15.9 Å². The fraction of sp³-hybridized carbons (Fsp3) is 0.364. The lowest BCUT2D eigenvalue weighted by molar-refractivity contribution is -0.137. The molecule has 11 heteroatoms.